The molecule has 1 aromatic carbocycles. The van der Waals surface area contributed by atoms with Crippen LogP contribution in [0.1, 0.15) is 11.1 Å². The van der Waals surface area contributed by atoms with Gasteiger partial charge in [0.1, 0.15) is 0 Å². The summed E-state index contributed by atoms with van der Waals surface area (Å²) < 4.78 is 41.5. The van der Waals surface area contributed by atoms with Crippen molar-refractivity contribution >= 4 is 0 Å². The highest BCUT2D eigenvalue weighted by Crippen LogP contribution is 2.29. The fraction of sp³-hybridized carbons (Fsp3) is 0.400. The van der Waals surface area contributed by atoms with E-state index >= 15 is 0 Å². The number of halogens is 3. The fourth-order valence-electron chi connectivity index (χ4n) is 1.28. The van der Waals surface area contributed by atoms with Crippen LogP contribution in [0.15, 0.2) is 24.3 Å². The minimum atomic E-state index is -4.24. The number of ether oxygens (including phenoxy) is 1. The third-order valence-corrected chi connectivity index (χ3v) is 2.15. The first-order chi connectivity index (χ1) is 6.55. The first-order valence-electron chi connectivity index (χ1n) is 4.33. The summed E-state index contributed by atoms with van der Waals surface area (Å²) in [5.74, 6) is 0. The van der Waals surface area contributed by atoms with Crippen LogP contribution < -0.4 is 0 Å². The van der Waals surface area contributed by atoms with E-state index in [4.69, 9.17) is 4.74 Å². The number of benzene rings is 1. The van der Waals surface area contributed by atoms with Gasteiger partial charge in [-0.1, -0.05) is 12.1 Å². The molecule has 4 heteroatoms. The van der Waals surface area contributed by atoms with Crippen LogP contribution in [-0.4, -0.2) is 12.7 Å². The second-order valence-corrected chi connectivity index (χ2v) is 3.35. The Hall–Kier alpha value is -1.03. The van der Waals surface area contributed by atoms with Gasteiger partial charge in [0.05, 0.1) is 18.3 Å². The zero-order chi connectivity index (χ0) is 10.2. The number of rotatable bonds is 2. The van der Waals surface area contributed by atoms with Gasteiger partial charge < -0.3 is 4.74 Å². The molecule has 14 heavy (non-hydrogen) atoms. The minimum Gasteiger partial charge on any atom is -0.373 e. The monoisotopic (exact) mass is 202 g/mol. The van der Waals surface area contributed by atoms with Gasteiger partial charge in [0.15, 0.2) is 0 Å². The Bertz CT molecular complexity index is 311. The van der Waals surface area contributed by atoms with Crippen LogP contribution in [0.4, 0.5) is 13.2 Å². The van der Waals surface area contributed by atoms with Crippen molar-refractivity contribution in [1.29, 1.82) is 0 Å². The van der Waals surface area contributed by atoms with Crippen LogP contribution >= 0.6 is 0 Å². The number of epoxide rings is 1. The molecule has 0 bridgehead atoms. The van der Waals surface area contributed by atoms with Gasteiger partial charge in [-0.25, -0.2) is 0 Å². The lowest BCUT2D eigenvalue weighted by Crippen LogP contribution is -2.04. The zero-order valence-corrected chi connectivity index (χ0v) is 7.34. The van der Waals surface area contributed by atoms with Gasteiger partial charge in [-0.15, -0.1) is 0 Å². The van der Waals surface area contributed by atoms with Gasteiger partial charge >= 0.3 is 6.18 Å². The van der Waals surface area contributed by atoms with Crippen LogP contribution in [0.3, 0.4) is 0 Å². The van der Waals surface area contributed by atoms with Crippen molar-refractivity contribution < 1.29 is 17.9 Å². The molecular formula is C10H9F3O. The van der Waals surface area contributed by atoms with E-state index in [2.05, 4.69) is 0 Å². The Morgan fingerprint density at radius 1 is 1.21 bits per heavy atom. The number of hydrogen-bond donors (Lipinski definition) is 0. The summed E-state index contributed by atoms with van der Waals surface area (Å²) in [5, 5.41) is 0. The first kappa shape index (κ1) is 9.52. The largest absolute Gasteiger partial charge is 0.416 e. The van der Waals surface area contributed by atoms with Crippen LogP contribution in [0, 0.1) is 0 Å². The van der Waals surface area contributed by atoms with E-state index in [1.54, 1.807) is 0 Å². The third-order valence-electron chi connectivity index (χ3n) is 2.15. The minimum absolute atomic E-state index is 0.215. The number of alkyl halides is 3. The van der Waals surface area contributed by atoms with E-state index in [1.165, 1.54) is 12.1 Å². The van der Waals surface area contributed by atoms with Crippen molar-refractivity contribution in [2.24, 2.45) is 0 Å². The Labute approximate surface area is 79.5 Å². The Kier molecular flexibility index (Phi) is 2.23. The van der Waals surface area contributed by atoms with E-state index in [9.17, 15) is 13.2 Å². The maximum atomic E-state index is 12.2. The lowest BCUT2D eigenvalue weighted by molar-refractivity contribution is -0.137. The standard InChI is InChI=1S/C10H9F3O/c11-10(12,13)8-3-1-7(2-4-8)5-9-6-14-9/h1-4,9H,5-6H2/t9-/m0/s1. The third kappa shape index (κ3) is 2.26. The quantitative estimate of drug-likeness (QED) is 0.671. The van der Waals surface area contributed by atoms with E-state index in [1.807, 2.05) is 0 Å². The molecule has 1 aliphatic heterocycles. The molecule has 1 aliphatic rings. The van der Waals surface area contributed by atoms with Gasteiger partial charge in [0, 0.05) is 6.42 Å². The van der Waals surface area contributed by atoms with Crippen LogP contribution in [-0.2, 0) is 17.3 Å². The molecule has 0 aromatic heterocycles. The molecule has 1 saturated heterocycles. The summed E-state index contributed by atoms with van der Waals surface area (Å²) in [4.78, 5) is 0. The molecule has 1 aromatic rings. The maximum absolute atomic E-state index is 12.2. The Morgan fingerprint density at radius 2 is 1.79 bits per heavy atom. The van der Waals surface area contributed by atoms with Crippen molar-refractivity contribution in [2.45, 2.75) is 18.7 Å². The molecular weight excluding hydrogens is 193 g/mol. The lowest BCUT2D eigenvalue weighted by Gasteiger charge is -2.06. The molecule has 76 valence electrons. The summed E-state index contributed by atoms with van der Waals surface area (Å²) in [5.41, 5.74) is 0.290. The van der Waals surface area contributed by atoms with Gasteiger partial charge in [0.2, 0.25) is 0 Å². The summed E-state index contributed by atoms with van der Waals surface area (Å²) in [6.45, 7) is 0.723. The molecule has 1 fully saturated rings. The zero-order valence-electron chi connectivity index (χ0n) is 7.34. The van der Waals surface area contributed by atoms with Gasteiger partial charge in [-0.05, 0) is 17.7 Å². The van der Waals surface area contributed by atoms with Crippen molar-refractivity contribution in [2.75, 3.05) is 6.61 Å². The summed E-state index contributed by atoms with van der Waals surface area (Å²) in [7, 11) is 0. The second-order valence-electron chi connectivity index (χ2n) is 3.35. The smallest absolute Gasteiger partial charge is 0.373 e. The molecule has 1 atom stereocenters. The van der Waals surface area contributed by atoms with E-state index < -0.39 is 11.7 Å². The van der Waals surface area contributed by atoms with E-state index in [0.29, 0.717) is 6.42 Å². The number of hydrogen-bond acceptors (Lipinski definition) is 1. The predicted octanol–water partition coefficient (Wildman–Crippen LogP) is 2.65. The molecule has 0 aliphatic carbocycles. The van der Waals surface area contributed by atoms with Crippen LogP contribution in [0.2, 0.25) is 0 Å². The predicted molar refractivity (Wildman–Crippen MR) is 44.9 cm³/mol. The van der Waals surface area contributed by atoms with Gasteiger partial charge in [0.25, 0.3) is 0 Å². The van der Waals surface area contributed by atoms with E-state index in [0.717, 1.165) is 24.3 Å². The highest BCUT2D eigenvalue weighted by molar-refractivity contribution is 5.25. The molecule has 0 saturated carbocycles. The first-order valence-corrected chi connectivity index (χ1v) is 4.33. The van der Waals surface area contributed by atoms with Gasteiger partial charge in [-0.3, -0.25) is 0 Å². The summed E-state index contributed by atoms with van der Waals surface area (Å²) in [6.07, 6.45) is -3.32. The molecule has 1 heterocycles. The maximum Gasteiger partial charge on any atom is 0.416 e. The normalized spacial score (nSPS) is 20.9. The van der Waals surface area contributed by atoms with Crippen molar-refractivity contribution in [3.8, 4) is 0 Å². The topological polar surface area (TPSA) is 12.5 Å². The average molecular weight is 202 g/mol. The van der Waals surface area contributed by atoms with Crippen LogP contribution in [0.5, 0.6) is 0 Å². The second kappa shape index (κ2) is 3.28. The van der Waals surface area contributed by atoms with Crippen molar-refractivity contribution in [3.63, 3.8) is 0 Å². The highest BCUT2D eigenvalue weighted by Gasteiger charge is 2.30. The molecule has 0 amide bonds. The summed E-state index contributed by atoms with van der Waals surface area (Å²) >= 11 is 0. The van der Waals surface area contributed by atoms with Crippen LogP contribution in [0.25, 0.3) is 0 Å². The fourth-order valence-corrected chi connectivity index (χ4v) is 1.28. The molecule has 1 nitrogen and oxygen atoms in total. The molecule has 0 N–H and O–H groups in total. The average Bonchev–Trinajstić information content (AvgIpc) is 2.88. The Balaban J connectivity index is 2.08. The highest BCUT2D eigenvalue weighted by atomic mass is 19.4. The molecule has 2 rings (SSSR count). The SMILES string of the molecule is FC(F)(F)c1ccc(C[C@H]2CO2)cc1. The Morgan fingerprint density at radius 3 is 2.21 bits per heavy atom. The summed E-state index contributed by atoms with van der Waals surface area (Å²) in [6, 6.07) is 5.23. The van der Waals surface area contributed by atoms with E-state index in [-0.39, 0.29) is 6.10 Å². The molecule has 0 radical (unpaired) electrons. The lowest BCUT2D eigenvalue weighted by atomic mass is 10.1. The van der Waals surface area contributed by atoms with Crippen molar-refractivity contribution in [1.82, 2.24) is 0 Å². The van der Waals surface area contributed by atoms with Crippen molar-refractivity contribution in [3.05, 3.63) is 35.4 Å². The molecule has 0 spiro atoms. The molecule has 0 unspecified atom stereocenters. The van der Waals surface area contributed by atoms with Gasteiger partial charge in [-0.2, -0.15) is 13.2 Å².